The topological polar surface area (TPSA) is 39.7 Å². The number of anilines is 1. The second-order valence-electron chi connectivity index (χ2n) is 4.74. The van der Waals surface area contributed by atoms with Gasteiger partial charge in [-0.25, -0.2) is 0 Å². The highest BCUT2D eigenvalue weighted by Crippen LogP contribution is 2.36. The fourth-order valence-electron chi connectivity index (χ4n) is 2.16. The zero-order valence-corrected chi connectivity index (χ0v) is 14.8. The summed E-state index contributed by atoms with van der Waals surface area (Å²) in [6.07, 6.45) is 0. The zero-order chi connectivity index (χ0) is 16.8. The van der Waals surface area contributed by atoms with Gasteiger partial charge in [-0.05, 0) is 42.8 Å². The van der Waals surface area contributed by atoms with Crippen LogP contribution in [0.3, 0.4) is 0 Å². The standard InChI is InChI=1S/C17H19Cl2NO3/c1-4-23-16-8-11(7-14(19)17(16)22-3)10-20-12-5-6-15(21-2)13(18)9-12/h5-9,20H,4,10H2,1-3H3. The molecule has 2 aromatic carbocycles. The van der Waals surface area contributed by atoms with Crippen molar-refractivity contribution in [2.45, 2.75) is 13.5 Å². The summed E-state index contributed by atoms with van der Waals surface area (Å²) in [6.45, 7) is 3.03. The van der Waals surface area contributed by atoms with Crippen molar-refractivity contribution >= 4 is 28.9 Å². The van der Waals surface area contributed by atoms with E-state index in [1.54, 1.807) is 14.2 Å². The number of rotatable bonds is 7. The summed E-state index contributed by atoms with van der Waals surface area (Å²) in [4.78, 5) is 0. The molecule has 23 heavy (non-hydrogen) atoms. The molecular weight excluding hydrogens is 337 g/mol. The monoisotopic (exact) mass is 355 g/mol. The van der Waals surface area contributed by atoms with E-state index in [0.717, 1.165) is 11.3 Å². The van der Waals surface area contributed by atoms with E-state index >= 15 is 0 Å². The Morgan fingerprint density at radius 3 is 2.35 bits per heavy atom. The predicted octanol–water partition coefficient (Wildman–Crippen LogP) is 5.02. The average Bonchev–Trinajstić information content (AvgIpc) is 2.53. The fourth-order valence-corrected chi connectivity index (χ4v) is 2.73. The smallest absolute Gasteiger partial charge is 0.179 e. The number of hydrogen-bond acceptors (Lipinski definition) is 4. The molecule has 0 aliphatic rings. The van der Waals surface area contributed by atoms with E-state index in [9.17, 15) is 0 Å². The highest BCUT2D eigenvalue weighted by Gasteiger charge is 2.11. The Morgan fingerprint density at radius 2 is 1.74 bits per heavy atom. The maximum Gasteiger partial charge on any atom is 0.179 e. The first-order valence-corrected chi connectivity index (χ1v) is 7.91. The van der Waals surface area contributed by atoms with Crippen LogP contribution in [0.1, 0.15) is 12.5 Å². The van der Waals surface area contributed by atoms with E-state index in [-0.39, 0.29) is 0 Å². The Balaban J connectivity index is 2.15. The zero-order valence-electron chi connectivity index (χ0n) is 13.3. The van der Waals surface area contributed by atoms with Crippen LogP contribution in [0, 0.1) is 0 Å². The Hall–Kier alpha value is -1.78. The quantitative estimate of drug-likeness (QED) is 0.756. The Labute approximate surface area is 146 Å². The highest BCUT2D eigenvalue weighted by molar-refractivity contribution is 6.32. The highest BCUT2D eigenvalue weighted by atomic mass is 35.5. The summed E-state index contributed by atoms with van der Waals surface area (Å²) in [5.74, 6) is 1.82. The maximum atomic E-state index is 6.25. The van der Waals surface area contributed by atoms with Crippen molar-refractivity contribution in [2.24, 2.45) is 0 Å². The molecule has 0 bridgehead atoms. The molecule has 0 atom stereocenters. The molecule has 2 rings (SSSR count). The van der Waals surface area contributed by atoms with Gasteiger partial charge in [0, 0.05) is 12.2 Å². The third kappa shape index (κ3) is 4.36. The number of methoxy groups -OCH3 is 2. The van der Waals surface area contributed by atoms with Gasteiger partial charge in [0.1, 0.15) is 5.75 Å². The van der Waals surface area contributed by atoms with Gasteiger partial charge in [0.15, 0.2) is 11.5 Å². The second-order valence-corrected chi connectivity index (χ2v) is 5.56. The molecule has 0 aliphatic carbocycles. The van der Waals surface area contributed by atoms with Crippen molar-refractivity contribution in [3.8, 4) is 17.2 Å². The number of hydrogen-bond donors (Lipinski definition) is 1. The predicted molar refractivity (Wildman–Crippen MR) is 94.5 cm³/mol. The largest absolute Gasteiger partial charge is 0.495 e. The van der Waals surface area contributed by atoms with Crippen LogP contribution in [0.4, 0.5) is 5.69 Å². The van der Waals surface area contributed by atoms with Gasteiger partial charge in [0.2, 0.25) is 0 Å². The van der Waals surface area contributed by atoms with Crippen molar-refractivity contribution in [1.82, 2.24) is 0 Å². The molecule has 0 aliphatic heterocycles. The van der Waals surface area contributed by atoms with Gasteiger partial charge in [0.25, 0.3) is 0 Å². The number of nitrogens with one attached hydrogen (secondary N) is 1. The molecule has 1 N–H and O–H groups in total. The van der Waals surface area contributed by atoms with Gasteiger partial charge < -0.3 is 19.5 Å². The van der Waals surface area contributed by atoms with Crippen LogP contribution in [0.25, 0.3) is 0 Å². The Bertz CT molecular complexity index is 677. The molecule has 0 heterocycles. The minimum atomic E-state index is 0.517. The molecule has 0 unspecified atom stereocenters. The van der Waals surface area contributed by atoms with Crippen LogP contribution < -0.4 is 19.5 Å². The summed E-state index contributed by atoms with van der Waals surface area (Å²) >= 11 is 12.4. The normalized spacial score (nSPS) is 10.3. The van der Waals surface area contributed by atoms with Gasteiger partial charge in [0.05, 0.1) is 30.9 Å². The average molecular weight is 356 g/mol. The van der Waals surface area contributed by atoms with Crippen LogP contribution in [0.15, 0.2) is 30.3 Å². The lowest BCUT2D eigenvalue weighted by Crippen LogP contribution is -2.02. The van der Waals surface area contributed by atoms with Gasteiger partial charge >= 0.3 is 0 Å². The second kappa shape index (κ2) is 8.18. The number of halogens is 2. The van der Waals surface area contributed by atoms with Crippen molar-refractivity contribution < 1.29 is 14.2 Å². The maximum absolute atomic E-state index is 6.25. The molecule has 0 spiro atoms. The number of benzene rings is 2. The molecule has 124 valence electrons. The van der Waals surface area contributed by atoms with E-state index in [0.29, 0.717) is 40.4 Å². The van der Waals surface area contributed by atoms with Crippen molar-refractivity contribution in [3.63, 3.8) is 0 Å². The number of ether oxygens (including phenoxy) is 3. The van der Waals surface area contributed by atoms with Crippen LogP contribution in [-0.4, -0.2) is 20.8 Å². The lowest BCUT2D eigenvalue weighted by atomic mass is 10.2. The van der Waals surface area contributed by atoms with E-state index < -0.39 is 0 Å². The molecule has 0 saturated carbocycles. The first-order chi connectivity index (χ1) is 11.1. The van der Waals surface area contributed by atoms with E-state index in [4.69, 9.17) is 37.4 Å². The molecule has 4 nitrogen and oxygen atoms in total. The first-order valence-electron chi connectivity index (χ1n) is 7.15. The van der Waals surface area contributed by atoms with Crippen LogP contribution in [0.2, 0.25) is 10.0 Å². The molecular formula is C17H19Cl2NO3. The molecule has 0 aromatic heterocycles. The lowest BCUT2D eigenvalue weighted by molar-refractivity contribution is 0.310. The summed E-state index contributed by atoms with van der Waals surface area (Å²) < 4.78 is 16.0. The van der Waals surface area contributed by atoms with Gasteiger partial charge in [-0.15, -0.1) is 0 Å². The summed E-state index contributed by atoms with van der Waals surface area (Å²) in [5, 5.41) is 4.36. The van der Waals surface area contributed by atoms with Gasteiger partial charge in [-0.2, -0.15) is 0 Å². The van der Waals surface area contributed by atoms with E-state index in [1.807, 2.05) is 37.3 Å². The molecule has 0 radical (unpaired) electrons. The van der Waals surface area contributed by atoms with Crippen LogP contribution >= 0.6 is 23.2 Å². The molecule has 6 heteroatoms. The fraction of sp³-hybridized carbons (Fsp3) is 0.294. The summed E-state index contributed by atoms with van der Waals surface area (Å²) in [6, 6.07) is 9.29. The molecule has 0 saturated heterocycles. The third-order valence-corrected chi connectivity index (χ3v) is 3.80. The first kappa shape index (κ1) is 17.6. The van der Waals surface area contributed by atoms with Crippen LogP contribution in [0.5, 0.6) is 17.2 Å². The Morgan fingerprint density at radius 1 is 0.957 bits per heavy atom. The Kier molecular flexibility index (Phi) is 6.25. The molecule has 0 fully saturated rings. The van der Waals surface area contributed by atoms with E-state index in [2.05, 4.69) is 5.32 Å². The lowest BCUT2D eigenvalue weighted by Gasteiger charge is -2.14. The van der Waals surface area contributed by atoms with Crippen molar-refractivity contribution in [1.29, 1.82) is 0 Å². The van der Waals surface area contributed by atoms with Gasteiger partial charge in [-0.3, -0.25) is 0 Å². The van der Waals surface area contributed by atoms with Crippen molar-refractivity contribution in [2.75, 3.05) is 26.1 Å². The summed E-state index contributed by atoms with van der Waals surface area (Å²) in [7, 11) is 3.16. The van der Waals surface area contributed by atoms with Crippen LogP contribution in [-0.2, 0) is 6.54 Å². The molecule has 2 aromatic rings. The van der Waals surface area contributed by atoms with Crippen molar-refractivity contribution in [3.05, 3.63) is 45.9 Å². The summed E-state index contributed by atoms with van der Waals surface area (Å²) in [5.41, 5.74) is 1.87. The third-order valence-electron chi connectivity index (χ3n) is 3.22. The van der Waals surface area contributed by atoms with Gasteiger partial charge in [-0.1, -0.05) is 23.2 Å². The van der Waals surface area contributed by atoms with E-state index in [1.165, 1.54) is 0 Å². The minimum absolute atomic E-state index is 0.517. The molecule has 0 amide bonds. The SMILES string of the molecule is CCOc1cc(CNc2ccc(OC)c(Cl)c2)cc(Cl)c1OC. The minimum Gasteiger partial charge on any atom is -0.495 e.